The van der Waals surface area contributed by atoms with Crippen molar-refractivity contribution in [3.63, 3.8) is 0 Å². The standard InChI is InChI=1S/C12H15N3O2/c1-3-16-10-6-4-5-9(7-10)11(13)12-15-14-8(2)17-12/h4-7,11H,3,13H2,1-2H3. The van der Waals surface area contributed by atoms with Crippen LogP contribution in [0.15, 0.2) is 28.7 Å². The Bertz CT molecular complexity index is 496. The summed E-state index contributed by atoms with van der Waals surface area (Å²) >= 11 is 0. The topological polar surface area (TPSA) is 74.2 Å². The number of rotatable bonds is 4. The van der Waals surface area contributed by atoms with E-state index in [9.17, 15) is 0 Å². The summed E-state index contributed by atoms with van der Waals surface area (Å²) in [6, 6.07) is 7.15. The molecule has 0 radical (unpaired) electrons. The number of aromatic nitrogens is 2. The van der Waals surface area contributed by atoms with Gasteiger partial charge in [0, 0.05) is 6.92 Å². The minimum absolute atomic E-state index is 0.413. The van der Waals surface area contributed by atoms with Crippen molar-refractivity contribution >= 4 is 0 Å². The van der Waals surface area contributed by atoms with Gasteiger partial charge in [0.05, 0.1) is 6.61 Å². The zero-order valence-electron chi connectivity index (χ0n) is 9.88. The highest BCUT2D eigenvalue weighted by atomic mass is 16.5. The van der Waals surface area contributed by atoms with Gasteiger partial charge in [0.15, 0.2) is 0 Å². The second kappa shape index (κ2) is 4.97. The van der Waals surface area contributed by atoms with E-state index >= 15 is 0 Å². The summed E-state index contributed by atoms with van der Waals surface area (Å²) in [6.45, 7) is 4.30. The molecule has 0 aliphatic heterocycles. The van der Waals surface area contributed by atoms with Crippen LogP contribution in [-0.2, 0) is 0 Å². The van der Waals surface area contributed by atoms with Crippen LogP contribution in [0, 0.1) is 6.92 Å². The van der Waals surface area contributed by atoms with Gasteiger partial charge in [-0.05, 0) is 24.6 Å². The van der Waals surface area contributed by atoms with Gasteiger partial charge in [-0.15, -0.1) is 10.2 Å². The number of aryl methyl sites for hydroxylation is 1. The smallest absolute Gasteiger partial charge is 0.237 e. The first-order chi connectivity index (χ1) is 8.20. The Morgan fingerprint density at radius 1 is 1.41 bits per heavy atom. The quantitative estimate of drug-likeness (QED) is 0.871. The van der Waals surface area contributed by atoms with E-state index in [1.807, 2.05) is 31.2 Å². The number of ether oxygens (including phenoxy) is 1. The average Bonchev–Trinajstić information content (AvgIpc) is 2.76. The molecule has 0 saturated heterocycles. The molecule has 1 aromatic carbocycles. The lowest BCUT2D eigenvalue weighted by Crippen LogP contribution is -2.12. The maximum Gasteiger partial charge on any atom is 0.237 e. The van der Waals surface area contributed by atoms with Gasteiger partial charge in [0.1, 0.15) is 11.8 Å². The lowest BCUT2D eigenvalue weighted by molar-refractivity contribution is 0.339. The summed E-state index contributed by atoms with van der Waals surface area (Å²) in [6.07, 6.45) is 0. The Labute approximate surface area is 99.6 Å². The lowest BCUT2D eigenvalue weighted by atomic mass is 10.1. The summed E-state index contributed by atoms with van der Waals surface area (Å²) in [5.74, 6) is 1.71. The highest BCUT2D eigenvalue weighted by Crippen LogP contribution is 2.22. The van der Waals surface area contributed by atoms with E-state index in [4.69, 9.17) is 14.9 Å². The summed E-state index contributed by atoms with van der Waals surface area (Å²) in [4.78, 5) is 0. The fourth-order valence-corrected chi connectivity index (χ4v) is 1.54. The van der Waals surface area contributed by atoms with Gasteiger partial charge in [-0.25, -0.2) is 0 Å². The molecule has 1 heterocycles. The van der Waals surface area contributed by atoms with E-state index in [1.165, 1.54) is 0 Å². The van der Waals surface area contributed by atoms with Crippen LogP contribution in [0.5, 0.6) is 5.75 Å². The number of hydrogen-bond acceptors (Lipinski definition) is 5. The van der Waals surface area contributed by atoms with Crippen molar-refractivity contribution in [2.75, 3.05) is 6.61 Å². The van der Waals surface area contributed by atoms with E-state index in [2.05, 4.69) is 10.2 Å². The monoisotopic (exact) mass is 233 g/mol. The Morgan fingerprint density at radius 2 is 2.24 bits per heavy atom. The van der Waals surface area contributed by atoms with Crippen LogP contribution >= 0.6 is 0 Å². The molecule has 1 aromatic heterocycles. The van der Waals surface area contributed by atoms with Crippen molar-refractivity contribution in [1.82, 2.24) is 10.2 Å². The molecule has 0 fully saturated rings. The predicted octanol–water partition coefficient (Wildman–Crippen LogP) is 1.82. The molecule has 17 heavy (non-hydrogen) atoms. The average molecular weight is 233 g/mol. The van der Waals surface area contributed by atoms with Crippen LogP contribution in [0.4, 0.5) is 0 Å². The van der Waals surface area contributed by atoms with E-state index in [-0.39, 0.29) is 0 Å². The Balaban J connectivity index is 2.24. The van der Waals surface area contributed by atoms with Crippen LogP contribution in [0.3, 0.4) is 0 Å². The zero-order valence-corrected chi connectivity index (χ0v) is 9.88. The highest BCUT2D eigenvalue weighted by Gasteiger charge is 2.15. The molecular weight excluding hydrogens is 218 g/mol. The van der Waals surface area contributed by atoms with E-state index in [0.717, 1.165) is 11.3 Å². The molecule has 2 aromatic rings. The van der Waals surface area contributed by atoms with Gasteiger partial charge in [-0.3, -0.25) is 0 Å². The summed E-state index contributed by atoms with van der Waals surface area (Å²) in [7, 11) is 0. The maximum atomic E-state index is 6.04. The van der Waals surface area contributed by atoms with E-state index in [1.54, 1.807) is 6.92 Å². The summed E-state index contributed by atoms with van der Waals surface area (Å²) in [5.41, 5.74) is 6.93. The number of benzene rings is 1. The molecule has 1 unspecified atom stereocenters. The summed E-state index contributed by atoms with van der Waals surface area (Å²) < 4.78 is 10.7. The molecule has 0 amide bonds. The molecule has 0 saturated carbocycles. The normalized spacial score (nSPS) is 12.4. The van der Waals surface area contributed by atoms with Gasteiger partial charge in [-0.1, -0.05) is 12.1 Å². The van der Waals surface area contributed by atoms with Crippen molar-refractivity contribution < 1.29 is 9.15 Å². The van der Waals surface area contributed by atoms with Gasteiger partial charge in [-0.2, -0.15) is 0 Å². The summed E-state index contributed by atoms with van der Waals surface area (Å²) in [5, 5.41) is 7.68. The van der Waals surface area contributed by atoms with Gasteiger partial charge in [0.25, 0.3) is 0 Å². The highest BCUT2D eigenvalue weighted by molar-refractivity contribution is 5.32. The minimum atomic E-state index is -0.420. The predicted molar refractivity (Wildman–Crippen MR) is 62.7 cm³/mol. The van der Waals surface area contributed by atoms with E-state index < -0.39 is 6.04 Å². The molecule has 2 rings (SSSR count). The first kappa shape index (κ1) is 11.6. The molecule has 0 aliphatic rings. The van der Waals surface area contributed by atoms with Crippen LogP contribution in [-0.4, -0.2) is 16.8 Å². The Kier molecular flexibility index (Phi) is 3.39. The first-order valence-electron chi connectivity index (χ1n) is 5.49. The third-order valence-electron chi connectivity index (χ3n) is 2.34. The van der Waals surface area contributed by atoms with Crippen molar-refractivity contribution in [3.8, 4) is 5.75 Å². The Morgan fingerprint density at radius 3 is 2.88 bits per heavy atom. The molecule has 90 valence electrons. The molecule has 5 nitrogen and oxygen atoms in total. The van der Waals surface area contributed by atoms with Gasteiger partial charge < -0.3 is 14.9 Å². The Hall–Kier alpha value is -1.88. The second-order valence-corrected chi connectivity index (χ2v) is 3.64. The fraction of sp³-hybridized carbons (Fsp3) is 0.333. The maximum absolute atomic E-state index is 6.04. The van der Waals surface area contributed by atoms with Crippen LogP contribution in [0.1, 0.15) is 30.3 Å². The zero-order chi connectivity index (χ0) is 12.3. The van der Waals surface area contributed by atoms with Gasteiger partial charge >= 0.3 is 0 Å². The SMILES string of the molecule is CCOc1cccc(C(N)c2nnc(C)o2)c1. The van der Waals surface area contributed by atoms with Crippen LogP contribution < -0.4 is 10.5 Å². The molecule has 2 N–H and O–H groups in total. The van der Waals surface area contributed by atoms with Gasteiger partial charge in [0.2, 0.25) is 11.8 Å². The number of nitrogens with zero attached hydrogens (tertiary/aromatic N) is 2. The molecule has 0 aliphatic carbocycles. The molecule has 1 atom stereocenters. The lowest BCUT2D eigenvalue weighted by Gasteiger charge is -2.09. The van der Waals surface area contributed by atoms with Crippen LogP contribution in [0.2, 0.25) is 0 Å². The second-order valence-electron chi connectivity index (χ2n) is 3.64. The van der Waals surface area contributed by atoms with Crippen LogP contribution in [0.25, 0.3) is 0 Å². The largest absolute Gasteiger partial charge is 0.494 e. The third kappa shape index (κ3) is 2.62. The number of nitrogens with two attached hydrogens (primary N) is 1. The van der Waals surface area contributed by atoms with Crippen molar-refractivity contribution in [2.45, 2.75) is 19.9 Å². The molecular formula is C12H15N3O2. The van der Waals surface area contributed by atoms with Crippen molar-refractivity contribution in [1.29, 1.82) is 0 Å². The molecule has 0 spiro atoms. The first-order valence-corrected chi connectivity index (χ1v) is 5.49. The molecule has 0 bridgehead atoms. The third-order valence-corrected chi connectivity index (χ3v) is 2.34. The van der Waals surface area contributed by atoms with Crippen molar-refractivity contribution in [3.05, 3.63) is 41.6 Å². The van der Waals surface area contributed by atoms with E-state index in [0.29, 0.717) is 18.4 Å². The molecule has 5 heteroatoms. The number of hydrogen-bond donors (Lipinski definition) is 1. The minimum Gasteiger partial charge on any atom is -0.494 e. The fourth-order valence-electron chi connectivity index (χ4n) is 1.54. The van der Waals surface area contributed by atoms with Crippen molar-refractivity contribution in [2.24, 2.45) is 5.73 Å².